The molecule has 0 saturated carbocycles. The van der Waals surface area contributed by atoms with Crippen LogP contribution in [0.25, 0.3) is 5.57 Å². The zero-order chi connectivity index (χ0) is 22.3. The molecular weight excluding hydrogens is 539 g/mol. The maximum Gasteiger partial charge on any atom is -0.147 e. The van der Waals surface area contributed by atoms with Crippen molar-refractivity contribution in [3.05, 3.63) is 96.9 Å². The molecule has 0 amide bonds. The van der Waals surface area contributed by atoms with E-state index in [0.717, 1.165) is 6.42 Å². The largest absolute Gasteiger partial charge is 0.147 e. The number of halogens is 2. The standard InChI is InChI=1S/C18H17.C9H13.C2H6Si.2ClH.Zr/c1-2-6-14-7-5-9-16(13-14)18-12-11-15-8-3-4-10-17(15)18;1-6-5-7(2)9(4)8(6)3;1-3-2;;;/h3-5,7-13H,2,6H2,1H3;6H,1-4H3;1-2H3;2*1H;. The number of hydrogen-bond acceptors (Lipinski definition) is 0. The molecule has 0 bridgehead atoms. The molecule has 0 fully saturated rings. The van der Waals surface area contributed by atoms with Crippen molar-refractivity contribution in [1.29, 1.82) is 0 Å². The van der Waals surface area contributed by atoms with Gasteiger partial charge in [0, 0.05) is 0 Å². The van der Waals surface area contributed by atoms with E-state index in [9.17, 15) is 0 Å². The Bertz CT molecular complexity index is 1170. The second-order valence-electron chi connectivity index (χ2n) is 9.58. The molecule has 2 aliphatic rings. The van der Waals surface area contributed by atoms with Gasteiger partial charge in [-0.2, -0.15) is 0 Å². The molecule has 2 atom stereocenters. The van der Waals surface area contributed by atoms with E-state index in [2.05, 4.69) is 102 Å². The summed E-state index contributed by atoms with van der Waals surface area (Å²) in [4.78, 5) is 0. The van der Waals surface area contributed by atoms with Crippen LogP contribution in [-0.2, 0) is 26.8 Å². The smallest absolute Gasteiger partial charge is 0.147 e. The van der Waals surface area contributed by atoms with Crippen molar-refractivity contribution < 1.29 is 20.4 Å². The Balaban J connectivity index is 0.00000193. The van der Waals surface area contributed by atoms with Crippen LogP contribution in [0.4, 0.5) is 0 Å². The Labute approximate surface area is 221 Å². The fourth-order valence-electron chi connectivity index (χ4n) is 5.58. The zero-order valence-electron chi connectivity index (χ0n) is 21.1. The summed E-state index contributed by atoms with van der Waals surface area (Å²) in [5.41, 5.74) is 12.0. The number of benzene rings is 2. The van der Waals surface area contributed by atoms with Gasteiger partial charge in [-0.05, 0) is 0 Å². The minimum atomic E-state index is -1.91. The number of fused-ring (bicyclic) bond motifs is 1. The second-order valence-corrected chi connectivity index (χ2v) is 27.0. The quantitative estimate of drug-likeness (QED) is 0.312. The van der Waals surface area contributed by atoms with Gasteiger partial charge in [0.15, 0.2) is 0 Å². The van der Waals surface area contributed by atoms with Crippen molar-refractivity contribution >= 4 is 35.8 Å². The third-order valence-corrected chi connectivity index (χ3v) is 26.0. The first-order valence-electron chi connectivity index (χ1n) is 11.8. The van der Waals surface area contributed by atoms with Gasteiger partial charge in [0.1, 0.15) is 0 Å². The normalized spacial score (nSPS) is 19.1. The van der Waals surface area contributed by atoms with Gasteiger partial charge in [0.25, 0.3) is 0 Å². The molecule has 0 aromatic heterocycles. The second kappa shape index (κ2) is 11.9. The fourth-order valence-corrected chi connectivity index (χ4v) is 25.3. The molecule has 4 heteroatoms. The molecule has 176 valence electrons. The molecule has 0 aliphatic heterocycles. The first kappa shape index (κ1) is 28.6. The van der Waals surface area contributed by atoms with Crippen LogP contribution in [0.2, 0.25) is 13.1 Å². The Kier molecular flexibility index (Phi) is 10.3. The van der Waals surface area contributed by atoms with Crippen LogP contribution in [0, 0.1) is 5.92 Å². The van der Waals surface area contributed by atoms with Crippen molar-refractivity contribution in [2.75, 3.05) is 0 Å². The molecular formula is C29H38Cl2SiZr. The average molecular weight is 577 g/mol. The van der Waals surface area contributed by atoms with Gasteiger partial charge in [-0.1, -0.05) is 0 Å². The SMILES string of the molecule is CCCc1cccc(C2=C[CH]([Zr]([C]3=C(C)C(C)=C(C)C3C)=[Si](C)C)c3ccccc32)c1.Cl.Cl. The molecule has 0 saturated heterocycles. The summed E-state index contributed by atoms with van der Waals surface area (Å²) in [5, 5.41) is 0. The number of allylic oxidation sites excluding steroid dienone is 5. The van der Waals surface area contributed by atoms with E-state index in [1.165, 1.54) is 28.7 Å². The molecule has 2 unspecified atom stereocenters. The van der Waals surface area contributed by atoms with Gasteiger partial charge < -0.3 is 0 Å². The van der Waals surface area contributed by atoms with Gasteiger partial charge in [0.2, 0.25) is 0 Å². The van der Waals surface area contributed by atoms with Crippen molar-refractivity contribution in [2.45, 2.75) is 64.2 Å². The number of rotatable bonds is 5. The minimum Gasteiger partial charge on any atom is -0.147 e. The molecule has 0 radical (unpaired) electrons. The Morgan fingerprint density at radius 1 is 0.909 bits per heavy atom. The molecule has 2 aromatic rings. The molecule has 0 nitrogen and oxygen atoms in total. The van der Waals surface area contributed by atoms with E-state index in [4.69, 9.17) is 0 Å². The zero-order valence-corrected chi connectivity index (χ0v) is 26.2. The van der Waals surface area contributed by atoms with Crippen LogP contribution in [0.15, 0.2) is 74.6 Å². The summed E-state index contributed by atoms with van der Waals surface area (Å²) >= 11 is -1.91. The summed E-state index contributed by atoms with van der Waals surface area (Å²) in [6.45, 7) is 17.1. The third-order valence-electron chi connectivity index (χ3n) is 7.48. The minimum absolute atomic E-state index is 0. The van der Waals surface area contributed by atoms with Crippen molar-refractivity contribution in [2.24, 2.45) is 5.92 Å². The Morgan fingerprint density at radius 3 is 2.21 bits per heavy atom. The van der Waals surface area contributed by atoms with E-state index in [1.807, 2.05) is 3.28 Å². The van der Waals surface area contributed by atoms with Gasteiger partial charge in [-0.3, -0.25) is 0 Å². The molecule has 33 heavy (non-hydrogen) atoms. The van der Waals surface area contributed by atoms with E-state index in [-0.39, 0.29) is 30.2 Å². The molecule has 0 spiro atoms. The predicted octanol–water partition coefficient (Wildman–Crippen LogP) is 9.10. The van der Waals surface area contributed by atoms with E-state index in [1.54, 1.807) is 22.3 Å². The van der Waals surface area contributed by atoms with Crippen molar-refractivity contribution in [3.63, 3.8) is 0 Å². The van der Waals surface area contributed by atoms with Crippen LogP contribution in [-0.4, -0.2) is 5.43 Å². The first-order chi connectivity index (χ1) is 14.8. The van der Waals surface area contributed by atoms with Crippen molar-refractivity contribution in [3.8, 4) is 0 Å². The average Bonchev–Trinajstić information content (AvgIpc) is 3.22. The van der Waals surface area contributed by atoms with Crippen molar-refractivity contribution in [1.82, 2.24) is 0 Å². The van der Waals surface area contributed by atoms with Gasteiger partial charge in [0.05, 0.1) is 0 Å². The number of aryl methyl sites for hydroxylation is 1. The third kappa shape index (κ3) is 5.30. The molecule has 4 rings (SSSR count). The maximum atomic E-state index is 2.71. The van der Waals surface area contributed by atoms with E-state index in [0.29, 0.717) is 9.54 Å². The van der Waals surface area contributed by atoms with Gasteiger partial charge >= 0.3 is 198 Å². The predicted molar refractivity (Wildman–Crippen MR) is 149 cm³/mol. The molecule has 0 heterocycles. The number of hydrogen-bond donors (Lipinski definition) is 0. The summed E-state index contributed by atoms with van der Waals surface area (Å²) in [7, 11) is 0. The van der Waals surface area contributed by atoms with E-state index < -0.39 is 20.4 Å². The fraction of sp³-hybridized carbons (Fsp3) is 0.379. The maximum absolute atomic E-state index is 2.71. The summed E-state index contributed by atoms with van der Waals surface area (Å²) in [6, 6.07) is 18.6. The van der Waals surface area contributed by atoms with Crippen LogP contribution in [0.3, 0.4) is 0 Å². The van der Waals surface area contributed by atoms with Crippen LogP contribution in [0.5, 0.6) is 0 Å². The van der Waals surface area contributed by atoms with Gasteiger partial charge in [-0.25, -0.2) is 0 Å². The monoisotopic (exact) mass is 574 g/mol. The topological polar surface area (TPSA) is 0 Å². The molecule has 2 aromatic carbocycles. The summed E-state index contributed by atoms with van der Waals surface area (Å²) in [5.74, 6) is 0.659. The van der Waals surface area contributed by atoms with Crippen LogP contribution in [0.1, 0.15) is 66.9 Å². The summed E-state index contributed by atoms with van der Waals surface area (Å²) in [6.07, 6.45) is 5.07. The first-order valence-corrected chi connectivity index (χ1v) is 20.6. The molecule has 2 aliphatic carbocycles. The van der Waals surface area contributed by atoms with Crippen LogP contribution < -0.4 is 0 Å². The van der Waals surface area contributed by atoms with E-state index >= 15 is 0 Å². The molecule has 0 N–H and O–H groups in total. The van der Waals surface area contributed by atoms with Gasteiger partial charge in [-0.15, -0.1) is 24.8 Å². The Morgan fingerprint density at radius 2 is 1.61 bits per heavy atom. The summed E-state index contributed by atoms with van der Waals surface area (Å²) < 4.78 is 2.59. The van der Waals surface area contributed by atoms with Crippen LogP contribution >= 0.6 is 24.8 Å². The Hall–Kier alpha value is -0.660.